The van der Waals surface area contributed by atoms with Crippen molar-refractivity contribution in [1.82, 2.24) is 9.78 Å². The van der Waals surface area contributed by atoms with E-state index in [2.05, 4.69) is 5.10 Å². The van der Waals surface area contributed by atoms with E-state index < -0.39 is 0 Å². The fourth-order valence-corrected chi connectivity index (χ4v) is 2.20. The predicted octanol–water partition coefficient (Wildman–Crippen LogP) is 3.45. The Morgan fingerprint density at radius 3 is 2.00 bits per heavy atom. The third kappa shape index (κ3) is 2.18. The Labute approximate surface area is 117 Å². The van der Waals surface area contributed by atoms with Gasteiger partial charge in [0, 0.05) is 6.20 Å². The lowest BCUT2D eigenvalue weighted by molar-refractivity contribution is 0.849. The number of aromatic amines is 1. The van der Waals surface area contributed by atoms with Gasteiger partial charge in [-0.1, -0.05) is 47.5 Å². The van der Waals surface area contributed by atoms with Crippen LogP contribution < -0.4 is 5.56 Å². The van der Waals surface area contributed by atoms with Crippen molar-refractivity contribution in [1.29, 1.82) is 0 Å². The molecule has 0 bridgehead atoms. The number of aryl methyl sites for hydroxylation is 2. The second-order valence-electron chi connectivity index (χ2n) is 5.03. The van der Waals surface area contributed by atoms with E-state index in [-0.39, 0.29) is 5.56 Å². The van der Waals surface area contributed by atoms with Crippen molar-refractivity contribution in [2.75, 3.05) is 0 Å². The van der Waals surface area contributed by atoms with Crippen molar-refractivity contribution >= 4 is 0 Å². The molecule has 0 atom stereocenters. The van der Waals surface area contributed by atoms with Crippen LogP contribution in [-0.4, -0.2) is 9.78 Å². The van der Waals surface area contributed by atoms with Gasteiger partial charge in [0.25, 0.3) is 5.56 Å². The summed E-state index contributed by atoms with van der Waals surface area (Å²) in [4.78, 5) is 12.5. The zero-order chi connectivity index (χ0) is 14.1. The molecular weight excluding hydrogens is 248 g/mol. The van der Waals surface area contributed by atoms with E-state index in [0.717, 1.165) is 11.3 Å². The average Bonchev–Trinajstić information content (AvgIpc) is 2.83. The SMILES string of the molecule is Cc1ccc(-c2c[nH]n(-c3ccc(C)cc3)c2=O)cc1. The number of benzene rings is 2. The first-order chi connectivity index (χ1) is 9.65. The molecule has 3 nitrogen and oxygen atoms in total. The monoisotopic (exact) mass is 264 g/mol. The quantitative estimate of drug-likeness (QED) is 0.756. The predicted molar refractivity (Wildman–Crippen MR) is 81.3 cm³/mol. The molecule has 0 saturated heterocycles. The smallest absolute Gasteiger partial charge is 0.279 e. The minimum Gasteiger partial charge on any atom is -0.298 e. The molecule has 0 saturated carbocycles. The van der Waals surface area contributed by atoms with Crippen LogP contribution in [0.2, 0.25) is 0 Å². The topological polar surface area (TPSA) is 37.8 Å². The Kier molecular flexibility index (Phi) is 3.03. The van der Waals surface area contributed by atoms with Crippen LogP contribution in [0.3, 0.4) is 0 Å². The third-order valence-electron chi connectivity index (χ3n) is 3.43. The minimum absolute atomic E-state index is 0.0299. The molecule has 3 heteroatoms. The van der Waals surface area contributed by atoms with E-state index in [9.17, 15) is 4.79 Å². The molecule has 2 aromatic carbocycles. The first kappa shape index (κ1) is 12.5. The van der Waals surface area contributed by atoms with Gasteiger partial charge in [0.05, 0.1) is 11.3 Å². The second kappa shape index (κ2) is 4.85. The summed E-state index contributed by atoms with van der Waals surface area (Å²) in [7, 11) is 0. The molecule has 0 fully saturated rings. The van der Waals surface area contributed by atoms with E-state index in [1.54, 1.807) is 10.9 Å². The van der Waals surface area contributed by atoms with Crippen LogP contribution in [0.4, 0.5) is 0 Å². The average molecular weight is 264 g/mol. The molecule has 0 radical (unpaired) electrons. The maximum absolute atomic E-state index is 12.5. The Balaban J connectivity index is 2.07. The first-order valence-electron chi connectivity index (χ1n) is 6.60. The summed E-state index contributed by atoms with van der Waals surface area (Å²) in [6.07, 6.45) is 1.76. The molecule has 0 spiro atoms. The normalized spacial score (nSPS) is 10.7. The third-order valence-corrected chi connectivity index (χ3v) is 3.43. The molecule has 1 aromatic heterocycles. The molecule has 0 amide bonds. The Morgan fingerprint density at radius 2 is 1.40 bits per heavy atom. The number of nitrogens with one attached hydrogen (secondary N) is 1. The van der Waals surface area contributed by atoms with Gasteiger partial charge in [-0.05, 0) is 31.5 Å². The standard InChI is InChI=1S/C17H16N2O/c1-12-3-7-14(8-4-12)16-11-18-19(17(16)20)15-9-5-13(2)6-10-15/h3-11,18H,1-2H3. The Hall–Kier alpha value is -2.55. The van der Waals surface area contributed by atoms with E-state index >= 15 is 0 Å². The molecule has 3 rings (SSSR count). The highest BCUT2D eigenvalue weighted by molar-refractivity contribution is 5.62. The highest BCUT2D eigenvalue weighted by Gasteiger charge is 2.09. The molecular formula is C17H16N2O. The van der Waals surface area contributed by atoms with Gasteiger partial charge < -0.3 is 0 Å². The van der Waals surface area contributed by atoms with Gasteiger partial charge in [0.1, 0.15) is 0 Å². The minimum atomic E-state index is -0.0299. The largest absolute Gasteiger partial charge is 0.298 e. The molecule has 1 heterocycles. The number of rotatable bonds is 2. The van der Waals surface area contributed by atoms with E-state index in [0.29, 0.717) is 5.56 Å². The van der Waals surface area contributed by atoms with Crippen LogP contribution in [0.5, 0.6) is 0 Å². The summed E-state index contributed by atoms with van der Waals surface area (Å²) in [6.45, 7) is 4.06. The molecule has 0 aliphatic carbocycles. The molecule has 0 aliphatic rings. The Bertz CT molecular complexity index is 711. The van der Waals surface area contributed by atoms with Crippen molar-refractivity contribution in [3.8, 4) is 16.8 Å². The van der Waals surface area contributed by atoms with E-state index in [1.165, 1.54) is 11.1 Å². The van der Waals surface area contributed by atoms with Gasteiger partial charge in [-0.15, -0.1) is 0 Å². The second-order valence-corrected chi connectivity index (χ2v) is 5.03. The highest BCUT2D eigenvalue weighted by Crippen LogP contribution is 2.16. The number of nitrogens with zero attached hydrogens (tertiary/aromatic N) is 1. The fourth-order valence-electron chi connectivity index (χ4n) is 2.20. The molecule has 100 valence electrons. The van der Waals surface area contributed by atoms with Crippen LogP contribution in [0.1, 0.15) is 11.1 Å². The number of aromatic nitrogens is 2. The fraction of sp³-hybridized carbons (Fsp3) is 0.118. The van der Waals surface area contributed by atoms with E-state index in [4.69, 9.17) is 0 Å². The maximum Gasteiger partial charge on any atom is 0.279 e. The lowest BCUT2D eigenvalue weighted by atomic mass is 10.1. The summed E-state index contributed by atoms with van der Waals surface area (Å²) < 4.78 is 1.56. The van der Waals surface area contributed by atoms with Crippen LogP contribution in [0.25, 0.3) is 16.8 Å². The van der Waals surface area contributed by atoms with Crippen molar-refractivity contribution < 1.29 is 0 Å². The van der Waals surface area contributed by atoms with Gasteiger partial charge in [0.15, 0.2) is 0 Å². The highest BCUT2D eigenvalue weighted by atomic mass is 16.1. The lowest BCUT2D eigenvalue weighted by Crippen LogP contribution is -2.15. The van der Waals surface area contributed by atoms with Crippen molar-refractivity contribution in [3.05, 3.63) is 76.2 Å². The number of hydrogen-bond donors (Lipinski definition) is 1. The van der Waals surface area contributed by atoms with Crippen LogP contribution in [0, 0.1) is 13.8 Å². The van der Waals surface area contributed by atoms with Gasteiger partial charge in [-0.3, -0.25) is 9.89 Å². The number of H-pyrrole nitrogens is 1. The Morgan fingerprint density at radius 1 is 0.850 bits per heavy atom. The number of hydrogen-bond acceptors (Lipinski definition) is 1. The van der Waals surface area contributed by atoms with Crippen molar-refractivity contribution in [2.24, 2.45) is 0 Å². The molecule has 0 unspecified atom stereocenters. The van der Waals surface area contributed by atoms with Gasteiger partial charge in [-0.2, -0.15) is 0 Å². The summed E-state index contributed by atoms with van der Waals surface area (Å²) >= 11 is 0. The summed E-state index contributed by atoms with van der Waals surface area (Å²) in [6, 6.07) is 15.8. The van der Waals surface area contributed by atoms with Crippen molar-refractivity contribution in [2.45, 2.75) is 13.8 Å². The van der Waals surface area contributed by atoms with Gasteiger partial charge >= 0.3 is 0 Å². The summed E-state index contributed by atoms with van der Waals surface area (Å²) in [5.74, 6) is 0. The van der Waals surface area contributed by atoms with Crippen LogP contribution in [-0.2, 0) is 0 Å². The van der Waals surface area contributed by atoms with Crippen molar-refractivity contribution in [3.63, 3.8) is 0 Å². The first-order valence-corrected chi connectivity index (χ1v) is 6.60. The zero-order valence-corrected chi connectivity index (χ0v) is 11.6. The van der Waals surface area contributed by atoms with Crippen LogP contribution in [0.15, 0.2) is 59.5 Å². The summed E-state index contributed by atoms with van der Waals surface area (Å²) in [5, 5.41) is 3.03. The maximum atomic E-state index is 12.5. The van der Waals surface area contributed by atoms with Gasteiger partial charge in [-0.25, -0.2) is 4.68 Å². The zero-order valence-electron chi connectivity index (χ0n) is 11.6. The molecule has 3 aromatic rings. The molecule has 0 aliphatic heterocycles. The van der Waals surface area contributed by atoms with Crippen LogP contribution >= 0.6 is 0 Å². The van der Waals surface area contributed by atoms with Gasteiger partial charge in [0.2, 0.25) is 0 Å². The summed E-state index contributed by atoms with van der Waals surface area (Å²) in [5.41, 5.74) is 4.79. The molecule has 1 N–H and O–H groups in total. The molecule has 20 heavy (non-hydrogen) atoms. The lowest BCUT2D eigenvalue weighted by Gasteiger charge is -2.01. The van der Waals surface area contributed by atoms with E-state index in [1.807, 2.05) is 62.4 Å².